The highest BCUT2D eigenvalue weighted by atomic mass is 16.5. The highest BCUT2D eigenvalue weighted by Crippen LogP contribution is 2.02. The number of methoxy groups -OCH3 is 1. The van der Waals surface area contributed by atoms with Crippen molar-refractivity contribution in [2.24, 2.45) is 0 Å². The van der Waals surface area contributed by atoms with Crippen molar-refractivity contribution in [3.63, 3.8) is 0 Å². The van der Waals surface area contributed by atoms with Crippen molar-refractivity contribution in [3.05, 3.63) is 34.9 Å². The zero-order valence-electron chi connectivity index (χ0n) is 5.55. The van der Waals surface area contributed by atoms with Crippen LogP contribution in [0.3, 0.4) is 0 Å². The second-order valence-electron chi connectivity index (χ2n) is 1.72. The predicted molar refractivity (Wildman–Crippen MR) is 36.3 cm³/mol. The third kappa shape index (κ3) is 1.26. The van der Waals surface area contributed by atoms with Gasteiger partial charge >= 0.3 is 0 Å². The van der Waals surface area contributed by atoms with Crippen LogP contribution in [-0.2, 0) is 9.53 Å². The summed E-state index contributed by atoms with van der Waals surface area (Å²) >= 11 is 0. The van der Waals surface area contributed by atoms with E-state index in [9.17, 15) is 4.79 Å². The van der Waals surface area contributed by atoms with Gasteiger partial charge in [0.1, 0.15) is 0 Å². The molecule has 1 rings (SSSR count). The van der Waals surface area contributed by atoms with E-state index in [-0.39, 0.29) is 0 Å². The lowest BCUT2D eigenvalue weighted by molar-refractivity contribution is -0.104. The van der Waals surface area contributed by atoms with Crippen molar-refractivity contribution in [3.8, 4) is 0 Å². The molecule has 0 heterocycles. The van der Waals surface area contributed by atoms with Crippen LogP contribution in [0.1, 0.15) is 0 Å². The number of ether oxygens (including phenoxy) is 1. The first kappa shape index (κ1) is 6.63. The van der Waals surface area contributed by atoms with Crippen molar-refractivity contribution >= 4 is 6.29 Å². The van der Waals surface area contributed by atoms with E-state index in [0.717, 1.165) is 6.29 Å². The molecule has 50 valence electrons. The maximum absolute atomic E-state index is 10.1. The Kier molecular flexibility index (Phi) is 1.91. The van der Waals surface area contributed by atoms with E-state index >= 15 is 0 Å². The zero-order valence-corrected chi connectivity index (χ0v) is 5.55. The van der Waals surface area contributed by atoms with Gasteiger partial charge in [-0.2, -0.15) is 0 Å². The lowest BCUT2D eigenvalue weighted by atomic mass is 10.2. The molecule has 0 aromatic heterocycles. The van der Waals surface area contributed by atoms with Crippen molar-refractivity contribution in [2.75, 3.05) is 7.11 Å². The summed E-state index contributed by atoms with van der Waals surface area (Å²) in [7, 11) is 1.54. The number of hydrogen-bond acceptors (Lipinski definition) is 2. The fourth-order valence-corrected chi connectivity index (χ4v) is 0.570. The molecule has 0 fully saturated rings. The fraction of sp³-hybridized carbons (Fsp3) is 0.125. The van der Waals surface area contributed by atoms with Gasteiger partial charge in [-0.1, -0.05) is 5.73 Å². The standard InChI is InChI=1S/C8H6O2/c1-10-8-4-2-7(6-9)3-5-8/h2,4,6H,1H3. The van der Waals surface area contributed by atoms with E-state index in [0.29, 0.717) is 11.3 Å². The minimum absolute atomic E-state index is 0.487. The summed E-state index contributed by atoms with van der Waals surface area (Å²) in [6, 6.07) is 0. The van der Waals surface area contributed by atoms with Gasteiger partial charge in [0.25, 0.3) is 0 Å². The first-order valence-corrected chi connectivity index (χ1v) is 2.80. The van der Waals surface area contributed by atoms with Gasteiger partial charge in [-0.25, -0.2) is 0 Å². The number of hydrogen-bond donors (Lipinski definition) is 0. The molecule has 0 bridgehead atoms. The number of carbonyl (C=O) groups excluding carboxylic acids is 1. The van der Waals surface area contributed by atoms with Crippen LogP contribution in [0.5, 0.6) is 0 Å². The maximum atomic E-state index is 10.1. The van der Waals surface area contributed by atoms with Crippen LogP contribution in [-0.4, -0.2) is 13.4 Å². The number of rotatable bonds is 2. The Balaban J connectivity index is 3.05. The van der Waals surface area contributed by atoms with Crippen molar-refractivity contribution in [2.45, 2.75) is 0 Å². The molecule has 0 radical (unpaired) electrons. The normalized spacial score (nSPS) is 14.1. The molecule has 0 aliphatic heterocycles. The first-order chi connectivity index (χ1) is 4.86. The second kappa shape index (κ2) is 2.88. The third-order valence-corrected chi connectivity index (χ3v) is 1.09. The lowest BCUT2D eigenvalue weighted by Gasteiger charge is -1.95. The largest absolute Gasteiger partial charge is 0.489 e. The van der Waals surface area contributed by atoms with E-state index in [4.69, 9.17) is 4.74 Å². The van der Waals surface area contributed by atoms with Crippen LogP contribution in [0.4, 0.5) is 0 Å². The Morgan fingerprint density at radius 1 is 1.50 bits per heavy atom. The molecule has 0 spiro atoms. The summed E-state index contributed by atoms with van der Waals surface area (Å²) in [4.78, 5) is 10.1. The van der Waals surface area contributed by atoms with E-state index < -0.39 is 0 Å². The average Bonchev–Trinajstić information content (AvgIpc) is 2.05. The van der Waals surface area contributed by atoms with Crippen LogP contribution >= 0.6 is 0 Å². The average molecular weight is 134 g/mol. The van der Waals surface area contributed by atoms with Crippen molar-refractivity contribution in [1.82, 2.24) is 0 Å². The molecule has 0 atom stereocenters. The first-order valence-electron chi connectivity index (χ1n) is 2.80. The van der Waals surface area contributed by atoms with Gasteiger partial charge < -0.3 is 4.74 Å². The second-order valence-corrected chi connectivity index (χ2v) is 1.72. The SMILES string of the molecule is COC1=C=C=C(C=O)C=C1. The summed E-state index contributed by atoms with van der Waals surface area (Å²) in [6.45, 7) is 0. The van der Waals surface area contributed by atoms with Gasteiger partial charge in [0.2, 0.25) is 0 Å². The van der Waals surface area contributed by atoms with Gasteiger partial charge in [-0.05, 0) is 17.9 Å². The summed E-state index contributed by atoms with van der Waals surface area (Å²) in [5.41, 5.74) is 5.77. The van der Waals surface area contributed by atoms with Crippen LogP contribution in [0.15, 0.2) is 34.9 Å². The molecule has 0 saturated heterocycles. The molecule has 0 N–H and O–H groups in total. The van der Waals surface area contributed by atoms with E-state index in [1.54, 1.807) is 19.3 Å². The Bertz CT molecular complexity index is 272. The molecule has 2 nitrogen and oxygen atoms in total. The van der Waals surface area contributed by atoms with Crippen LogP contribution in [0.25, 0.3) is 0 Å². The van der Waals surface area contributed by atoms with Crippen LogP contribution in [0.2, 0.25) is 0 Å². The monoisotopic (exact) mass is 134 g/mol. The fourth-order valence-electron chi connectivity index (χ4n) is 0.570. The quantitative estimate of drug-likeness (QED) is 0.415. The van der Waals surface area contributed by atoms with E-state index in [1.165, 1.54) is 0 Å². The minimum Gasteiger partial charge on any atom is -0.489 e. The number of carbonyl (C=O) groups is 1. The highest BCUT2D eigenvalue weighted by molar-refractivity contribution is 5.77. The molecule has 1 aliphatic carbocycles. The maximum Gasteiger partial charge on any atom is 0.169 e. The number of aldehydes is 1. The highest BCUT2D eigenvalue weighted by Gasteiger charge is 1.92. The van der Waals surface area contributed by atoms with Crippen LogP contribution in [0, 0.1) is 0 Å². The molecular formula is C8H6O2. The summed E-state index contributed by atoms with van der Waals surface area (Å²) < 4.78 is 4.81. The molecule has 0 saturated carbocycles. The van der Waals surface area contributed by atoms with Gasteiger partial charge in [-0.3, -0.25) is 4.79 Å². The van der Waals surface area contributed by atoms with Gasteiger partial charge in [-0.15, -0.1) is 0 Å². The molecular weight excluding hydrogens is 128 g/mol. The molecule has 0 aromatic carbocycles. The molecule has 0 unspecified atom stereocenters. The van der Waals surface area contributed by atoms with Crippen molar-refractivity contribution < 1.29 is 9.53 Å². The van der Waals surface area contributed by atoms with Gasteiger partial charge in [0.15, 0.2) is 12.0 Å². The topological polar surface area (TPSA) is 26.3 Å². The Labute approximate surface area is 58.8 Å². The molecule has 10 heavy (non-hydrogen) atoms. The molecule has 1 aliphatic rings. The summed E-state index contributed by atoms with van der Waals surface area (Å²) in [6.07, 6.45) is 4.01. The van der Waals surface area contributed by atoms with Gasteiger partial charge in [0.05, 0.1) is 12.7 Å². The van der Waals surface area contributed by atoms with E-state index in [2.05, 4.69) is 11.5 Å². The minimum atomic E-state index is 0.487. The Hall–Kier alpha value is -1.49. The molecule has 0 amide bonds. The van der Waals surface area contributed by atoms with Crippen LogP contribution < -0.4 is 0 Å². The zero-order chi connectivity index (χ0) is 7.40. The van der Waals surface area contributed by atoms with Gasteiger partial charge in [0, 0.05) is 0 Å². The number of allylic oxidation sites excluding steroid dienone is 3. The van der Waals surface area contributed by atoms with E-state index in [1.807, 2.05) is 0 Å². The van der Waals surface area contributed by atoms with Crippen molar-refractivity contribution in [1.29, 1.82) is 0 Å². The smallest absolute Gasteiger partial charge is 0.169 e. The molecule has 2 heteroatoms. The predicted octanol–water partition coefficient (Wildman–Crippen LogP) is 0.966. The summed E-state index contributed by atoms with van der Waals surface area (Å²) in [5.74, 6) is 0.589. The Morgan fingerprint density at radius 3 is 2.70 bits per heavy atom. The summed E-state index contributed by atoms with van der Waals surface area (Å²) in [5, 5.41) is 0. The third-order valence-electron chi connectivity index (χ3n) is 1.09. The molecule has 0 aromatic rings. The lowest BCUT2D eigenvalue weighted by Crippen LogP contribution is -1.84. The Morgan fingerprint density at radius 2 is 2.30 bits per heavy atom.